The number of hydrogen-bond acceptors (Lipinski definition) is 3. The van der Waals surface area contributed by atoms with E-state index in [2.05, 4.69) is 42.7 Å². The van der Waals surface area contributed by atoms with Crippen LogP contribution in [0.4, 0.5) is 0 Å². The minimum Gasteiger partial charge on any atom is -0.317 e. The molecule has 0 spiro atoms. The summed E-state index contributed by atoms with van der Waals surface area (Å²) in [5, 5.41) is 5.59. The number of fused-ring (bicyclic) bond motifs is 7. The molecule has 10 atom stereocenters. The zero-order valence-corrected chi connectivity index (χ0v) is 19.9. The third-order valence-electron chi connectivity index (χ3n) is 10.8. The fraction of sp³-hybridized carbons (Fsp3) is 1.00. The monoisotopic (exact) mass is 416 g/mol. The summed E-state index contributed by atoms with van der Waals surface area (Å²) in [4.78, 5) is 3.25. The molecule has 0 amide bonds. The Morgan fingerprint density at radius 3 is 2.62 bits per heavy atom. The van der Waals surface area contributed by atoms with Crippen LogP contribution in [0.25, 0.3) is 0 Å². The van der Waals surface area contributed by atoms with Crippen LogP contribution in [0.15, 0.2) is 0 Å². The SMILES string of the molecule is CCNCC1CCC2C(C1)C(C)(C)C1CCCC3C4C5CCCCC5SC4N2C31. The number of rotatable bonds is 3. The third-order valence-corrected chi connectivity index (χ3v) is 12.6. The van der Waals surface area contributed by atoms with Crippen molar-refractivity contribution in [2.24, 2.45) is 40.9 Å². The van der Waals surface area contributed by atoms with Gasteiger partial charge in [0, 0.05) is 17.3 Å². The third kappa shape index (κ3) is 2.88. The highest BCUT2D eigenvalue weighted by molar-refractivity contribution is 8.00. The van der Waals surface area contributed by atoms with Gasteiger partial charge in [0.05, 0.1) is 5.37 Å². The van der Waals surface area contributed by atoms with E-state index >= 15 is 0 Å². The summed E-state index contributed by atoms with van der Waals surface area (Å²) in [5.74, 6) is 5.98. The van der Waals surface area contributed by atoms with Gasteiger partial charge in [0.15, 0.2) is 0 Å². The first-order chi connectivity index (χ1) is 14.1. The van der Waals surface area contributed by atoms with Crippen LogP contribution < -0.4 is 5.32 Å². The van der Waals surface area contributed by atoms with Crippen molar-refractivity contribution in [2.45, 2.75) is 108 Å². The van der Waals surface area contributed by atoms with Gasteiger partial charge in [-0.05, 0) is 99.0 Å². The molecule has 0 aromatic carbocycles. The second-order valence-electron chi connectivity index (χ2n) is 12.2. The maximum atomic E-state index is 3.68. The fourth-order valence-electron chi connectivity index (χ4n) is 9.68. The Morgan fingerprint density at radius 2 is 1.76 bits per heavy atom. The lowest BCUT2D eigenvalue weighted by atomic mass is 9.52. The van der Waals surface area contributed by atoms with Gasteiger partial charge in [0.2, 0.25) is 0 Å². The molecule has 1 N–H and O–H groups in total. The largest absolute Gasteiger partial charge is 0.317 e. The summed E-state index contributed by atoms with van der Waals surface area (Å²) in [5.41, 5.74) is 0.546. The number of thioether (sulfide) groups is 1. The Morgan fingerprint density at radius 1 is 0.931 bits per heavy atom. The predicted octanol–water partition coefficient (Wildman–Crippen LogP) is 5.77. The highest BCUT2D eigenvalue weighted by Gasteiger charge is 2.67. The maximum absolute atomic E-state index is 3.68. The van der Waals surface area contributed by atoms with Crippen LogP contribution in [0.3, 0.4) is 0 Å². The lowest BCUT2D eigenvalue weighted by Gasteiger charge is -2.62. The van der Waals surface area contributed by atoms with E-state index in [-0.39, 0.29) is 0 Å². The Kier molecular flexibility index (Phi) is 5.09. The second kappa shape index (κ2) is 7.41. The number of piperidine rings is 1. The van der Waals surface area contributed by atoms with Crippen LogP contribution in [0.5, 0.6) is 0 Å². The molecule has 29 heavy (non-hydrogen) atoms. The molecular formula is C26H44N2S. The van der Waals surface area contributed by atoms with E-state index in [1.165, 1.54) is 57.9 Å². The molecule has 0 bridgehead atoms. The van der Waals surface area contributed by atoms with Crippen LogP contribution in [-0.2, 0) is 0 Å². The average Bonchev–Trinajstić information content (AvgIpc) is 3.26. The van der Waals surface area contributed by atoms with Crippen LogP contribution in [0.2, 0.25) is 0 Å². The molecule has 10 unspecified atom stereocenters. The van der Waals surface area contributed by atoms with E-state index in [0.717, 1.165) is 64.8 Å². The van der Waals surface area contributed by atoms with Crippen LogP contribution in [-0.4, -0.2) is 40.7 Å². The fourth-order valence-corrected chi connectivity index (χ4v) is 11.9. The van der Waals surface area contributed by atoms with Crippen molar-refractivity contribution in [3.05, 3.63) is 0 Å². The van der Waals surface area contributed by atoms with Gasteiger partial charge in [0.25, 0.3) is 0 Å². The Balaban J connectivity index is 1.34. The number of hydrogen-bond donors (Lipinski definition) is 1. The zero-order valence-electron chi connectivity index (χ0n) is 19.1. The van der Waals surface area contributed by atoms with Gasteiger partial charge in [-0.3, -0.25) is 4.90 Å². The highest BCUT2D eigenvalue weighted by Crippen LogP contribution is 2.68. The average molecular weight is 417 g/mol. The summed E-state index contributed by atoms with van der Waals surface area (Å²) in [6, 6.07) is 1.84. The summed E-state index contributed by atoms with van der Waals surface area (Å²) in [7, 11) is 0. The molecule has 6 aliphatic rings. The van der Waals surface area contributed by atoms with E-state index in [1.807, 2.05) is 0 Å². The van der Waals surface area contributed by atoms with Gasteiger partial charge in [-0.1, -0.05) is 40.0 Å². The number of nitrogens with one attached hydrogen (secondary N) is 1. The zero-order chi connectivity index (χ0) is 19.8. The molecule has 3 aliphatic heterocycles. The van der Waals surface area contributed by atoms with Gasteiger partial charge in [-0.25, -0.2) is 0 Å². The van der Waals surface area contributed by atoms with Crippen molar-refractivity contribution >= 4 is 11.8 Å². The molecule has 2 nitrogen and oxygen atoms in total. The smallest absolute Gasteiger partial charge is 0.0600 e. The molecule has 3 saturated carbocycles. The standard InChI is InChI=1S/C26H44N2S/c1-4-27-15-16-12-13-21-20(14-16)26(2,3)19-10-7-9-18-23-17-8-5-6-11-22(17)29-25(23)28(21)24(18)19/h16-25,27H,4-15H2,1-3H3. The van der Waals surface area contributed by atoms with Crippen molar-refractivity contribution in [2.75, 3.05) is 13.1 Å². The van der Waals surface area contributed by atoms with Crippen molar-refractivity contribution in [1.82, 2.24) is 10.2 Å². The molecule has 164 valence electrons. The van der Waals surface area contributed by atoms with Gasteiger partial charge in [-0.2, -0.15) is 0 Å². The molecule has 3 heterocycles. The number of nitrogens with zero attached hydrogens (tertiary/aromatic N) is 1. The van der Waals surface area contributed by atoms with Crippen LogP contribution >= 0.6 is 11.8 Å². The van der Waals surface area contributed by atoms with E-state index in [4.69, 9.17) is 0 Å². The lowest BCUT2D eigenvalue weighted by Crippen LogP contribution is -2.64. The molecule has 3 saturated heterocycles. The van der Waals surface area contributed by atoms with Crippen molar-refractivity contribution < 1.29 is 0 Å². The molecule has 0 radical (unpaired) electrons. The predicted molar refractivity (Wildman–Crippen MR) is 124 cm³/mol. The summed E-state index contributed by atoms with van der Waals surface area (Å²) >= 11 is 2.48. The first-order valence-corrected chi connectivity index (χ1v) is 14.2. The Bertz CT molecular complexity index is 620. The molecule has 6 fully saturated rings. The Labute approximate surface area is 183 Å². The van der Waals surface area contributed by atoms with Crippen LogP contribution in [0, 0.1) is 40.9 Å². The molecule has 3 aliphatic carbocycles. The van der Waals surface area contributed by atoms with E-state index in [0.29, 0.717) is 5.41 Å². The van der Waals surface area contributed by atoms with E-state index in [9.17, 15) is 0 Å². The van der Waals surface area contributed by atoms with Gasteiger partial charge < -0.3 is 5.32 Å². The molecule has 0 aromatic heterocycles. The van der Waals surface area contributed by atoms with E-state index < -0.39 is 0 Å². The first-order valence-electron chi connectivity index (χ1n) is 13.2. The van der Waals surface area contributed by atoms with Crippen molar-refractivity contribution in [1.29, 1.82) is 0 Å². The van der Waals surface area contributed by atoms with Crippen molar-refractivity contribution in [3.63, 3.8) is 0 Å². The summed E-state index contributed by atoms with van der Waals surface area (Å²) < 4.78 is 0. The summed E-state index contributed by atoms with van der Waals surface area (Å²) in [6.45, 7) is 10.1. The Hall–Kier alpha value is 0.270. The maximum Gasteiger partial charge on any atom is 0.0600 e. The van der Waals surface area contributed by atoms with Gasteiger partial charge >= 0.3 is 0 Å². The topological polar surface area (TPSA) is 15.3 Å². The van der Waals surface area contributed by atoms with Crippen molar-refractivity contribution in [3.8, 4) is 0 Å². The summed E-state index contributed by atoms with van der Waals surface area (Å²) in [6.07, 6.45) is 15.2. The minimum absolute atomic E-state index is 0.546. The lowest BCUT2D eigenvalue weighted by molar-refractivity contribution is -0.122. The molecule has 6 rings (SSSR count). The second-order valence-corrected chi connectivity index (χ2v) is 13.6. The van der Waals surface area contributed by atoms with E-state index in [1.54, 1.807) is 12.8 Å². The molecule has 3 heteroatoms. The molecular weight excluding hydrogens is 372 g/mol. The quantitative estimate of drug-likeness (QED) is 0.629. The normalized spacial score (nSPS) is 53.1. The van der Waals surface area contributed by atoms with Gasteiger partial charge in [-0.15, -0.1) is 11.8 Å². The highest BCUT2D eigenvalue weighted by atomic mass is 32.2. The first kappa shape index (κ1) is 19.9. The molecule has 0 aromatic rings. The minimum atomic E-state index is 0.546. The van der Waals surface area contributed by atoms with Crippen LogP contribution in [0.1, 0.15) is 85.0 Å². The van der Waals surface area contributed by atoms with Gasteiger partial charge in [0.1, 0.15) is 0 Å².